The highest BCUT2D eigenvalue weighted by Crippen LogP contribution is 2.19. The summed E-state index contributed by atoms with van der Waals surface area (Å²) >= 11 is 0. The second-order valence-electron chi connectivity index (χ2n) is 6.70. The van der Waals surface area contributed by atoms with Gasteiger partial charge < -0.3 is 15.6 Å². The molecular formula is C21H26N4O. The number of fused-ring (bicyclic) bond motifs is 1. The third-order valence-corrected chi connectivity index (χ3v) is 4.89. The van der Waals surface area contributed by atoms with Crippen LogP contribution in [0, 0.1) is 5.92 Å². The number of rotatable bonds is 7. The Morgan fingerprint density at radius 3 is 2.58 bits per heavy atom. The lowest BCUT2D eigenvalue weighted by atomic mass is 9.94. The molecule has 1 amide bonds. The predicted octanol–water partition coefficient (Wildman–Crippen LogP) is 2.96. The van der Waals surface area contributed by atoms with E-state index in [1.165, 1.54) is 0 Å². The summed E-state index contributed by atoms with van der Waals surface area (Å²) in [6, 6.07) is 17.6. The minimum atomic E-state index is -0.295. The quantitative estimate of drug-likeness (QED) is 0.644. The summed E-state index contributed by atoms with van der Waals surface area (Å²) in [5, 5.41) is 3.00. The Hall–Kier alpha value is -2.66. The number of para-hydroxylation sites is 2. The van der Waals surface area contributed by atoms with Gasteiger partial charge in [0.25, 0.3) is 0 Å². The number of aryl methyl sites for hydroxylation is 2. The number of aromatic nitrogens is 2. The molecule has 0 bridgehead atoms. The van der Waals surface area contributed by atoms with Crippen molar-refractivity contribution >= 4 is 16.9 Å². The third kappa shape index (κ3) is 3.94. The van der Waals surface area contributed by atoms with Crippen molar-refractivity contribution in [1.82, 2.24) is 14.9 Å². The van der Waals surface area contributed by atoms with Gasteiger partial charge in [-0.15, -0.1) is 0 Å². The number of nitrogens with zero attached hydrogens (tertiary/aromatic N) is 2. The molecule has 1 heterocycles. The van der Waals surface area contributed by atoms with E-state index in [1.807, 2.05) is 62.5 Å². The molecule has 2 unspecified atom stereocenters. The first-order chi connectivity index (χ1) is 12.6. The molecule has 2 aromatic carbocycles. The largest absolute Gasteiger partial charge is 0.356 e. The fraction of sp³-hybridized carbons (Fsp3) is 0.333. The van der Waals surface area contributed by atoms with Crippen LogP contribution in [0.2, 0.25) is 0 Å². The topological polar surface area (TPSA) is 72.9 Å². The van der Waals surface area contributed by atoms with Gasteiger partial charge in [0.2, 0.25) is 5.91 Å². The molecule has 5 heteroatoms. The normalized spacial score (nSPS) is 13.5. The standard InChI is InChI=1S/C21H26N4O/c1-15(20(22)16-9-4-3-5-10-16)21(26)23-14-8-13-19-24-17-11-6-7-12-18(17)25(19)2/h3-7,9-12,15,20H,8,13-14,22H2,1-2H3,(H,23,26). The van der Waals surface area contributed by atoms with Gasteiger partial charge in [-0.25, -0.2) is 4.98 Å². The molecule has 0 fully saturated rings. The number of hydrogen-bond donors (Lipinski definition) is 2. The van der Waals surface area contributed by atoms with Gasteiger partial charge in [0.1, 0.15) is 5.82 Å². The van der Waals surface area contributed by atoms with E-state index >= 15 is 0 Å². The second kappa shape index (κ2) is 8.15. The van der Waals surface area contributed by atoms with Crippen molar-refractivity contribution in [1.29, 1.82) is 0 Å². The Labute approximate surface area is 154 Å². The molecule has 0 spiro atoms. The predicted molar refractivity (Wildman–Crippen MR) is 105 cm³/mol. The summed E-state index contributed by atoms with van der Waals surface area (Å²) in [4.78, 5) is 17.0. The Balaban J connectivity index is 1.49. The van der Waals surface area contributed by atoms with Gasteiger partial charge in [-0.05, 0) is 24.1 Å². The highest BCUT2D eigenvalue weighted by molar-refractivity contribution is 5.79. The van der Waals surface area contributed by atoms with Crippen molar-refractivity contribution in [2.45, 2.75) is 25.8 Å². The molecule has 0 saturated carbocycles. The Kier molecular flexibility index (Phi) is 5.68. The number of nitrogens with two attached hydrogens (primary N) is 1. The molecule has 1 aromatic heterocycles. The van der Waals surface area contributed by atoms with Gasteiger partial charge in [-0.2, -0.15) is 0 Å². The van der Waals surface area contributed by atoms with E-state index in [9.17, 15) is 4.79 Å². The van der Waals surface area contributed by atoms with Crippen molar-refractivity contribution in [3.8, 4) is 0 Å². The van der Waals surface area contributed by atoms with Crippen LogP contribution in [0.4, 0.5) is 0 Å². The third-order valence-electron chi connectivity index (χ3n) is 4.89. The van der Waals surface area contributed by atoms with Crippen molar-refractivity contribution in [3.05, 3.63) is 66.0 Å². The van der Waals surface area contributed by atoms with Crippen LogP contribution in [-0.2, 0) is 18.3 Å². The van der Waals surface area contributed by atoms with Crippen LogP contribution in [0.5, 0.6) is 0 Å². The first-order valence-electron chi connectivity index (χ1n) is 9.06. The molecule has 0 aliphatic carbocycles. The number of nitrogens with one attached hydrogen (secondary N) is 1. The fourth-order valence-electron chi connectivity index (χ4n) is 3.17. The molecule has 3 aromatic rings. The number of imidazole rings is 1. The van der Waals surface area contributed by atoms with Crippen molar-refractivity contribution in [2.24, 2.45) is 18.7 Å². The van der Waals surface area contributed by atoms with E-state index in [1.54, 1.807) is 0 Å². The van der Waals surface area contributed by atoms with Crippen LogP contribution in [0.15, 0.2) is 54.6 Å². The van der Waals surface area contributed by atoms with Crippen LogP contribution in [0.3, 0.4) is 0 Å². The molecule has 0 aliphatic heterocycles. The minimum Gasteiger partial charge on any atom is -0.356 e. The first-order valence-corrected chi connectivity index (χ1v) is 9.06. The zero-order valence-electron chi connectivity index (χ0n) is 15.4. The molecule has 0 aliphatic rings. The highest BCUT2D eigenvalue weighted by Gasteiger charge is 2.21. The van der Waals surface area contributed by atoms with E-state index in [2.05, 4.69) is 20.9 Å². The van der Waals surface area contributed by atoms with Gasteiger partial charge in [-0.1, -0.05) is 49.4 Å². The monoisotopic (exact) mass is 350 g/mol. The zero-order valence-corrected chi connectivity index (χ0v) is 15.4. The smallest absolute Gasteiger partial charge is 0.224 e. The number of hydrogen-bond acceptors (Lipinski definition) is 3. The number of amides is 1. The molecule has 5 nitrogen and oxygen atoms in total. The Morgan fingerprint density at radius 2 is 1.85 bits per heavy atom. The average molecular weight is 350 g/mol. The maximum absolute atomic E-state index is 12.4. The molecule has 0 saturated heterocycles. The van der Waals surface area contributed by atoms with Gasteiger partial charge in [0.15, 0.2) is 0 Å². The lowest BCUT2D eigenvalue weighted by Crippen LogP contribution is -2.36. The van der Waals surface area contributed by atoms with Crippen molar-refractivity contribution in [3.63, 3.8) is 0 Å². The first kappa shape index (κ1) is 18.1. The summed E-state index contributed by atoms with van der Waals surface area (Å²) in [6.45, 7) is 2.49. The Morgan fingerprint density at radius 1 is 1.15 bits per heavy atom. The summed E-state index contributed by atoms with van der Waals surface area (Å²) in [6.07, 6.45) is 1.67. The molecule has 3 N–H and O–H groups in total. The van der Waals surface area contributed by atoms with Crippen LogP contribution in [0.1, 0.15) is 30.8 Å². The van der Waals surface area contributed by atoms with Crippen LogP contribution >= 0.6 is 0 Å². The maximum atomic E-state index is 12.4. The Bertz CT molecular complexity index is 872. The van der Waals surface area contributed by atoms with Crippen LogP contribution < -0.4 is 11.1 Å². The lowest BCUT2D eigenvalue weighted by Gasteiger charge is -2.19. The highest BCUT2D eigenvalue weighted by atomic mass is 16.1. The van der Waals surface area contributed by atoms with Crippen molar-refractivity contribution in [2.75, 3.05) is 6.54 Å². The molecule has 0 radical (unpaired) electrons. The summed E-state index contributed by atoms with van der Waals surface area (Å²) in [7, 11) is 2.03. The maximum Gasteiger partial charge on any atom is 0.224 e. The molecule has 3 rings (SSSR count). The summed E-state index contributed by atoms with van der Waals surface area (Å²) in [5.74, 6) is 0.758. The number of carbonyl (C=O) groups excluding carboxylic acids is 1. The summed E-state index contributed by atoms with van der Waals surface area (Å²) < 4.78 is 2.12. The van der Waals surface area contributed by atoms with Gasteiger partial charge in [-0.3, -0.25) is 4.79 Å². The summed E-state index contributed by atoms with van der Waals surface area (Å²) in [5.41, 5.74) is 9.35. The van der Waals surface area contributed by atoms with Gasteiger partial charge >= 0.3 is 0 Å². The van der Waals surface area contributed by atoms with Crippen molar-refractivity contribution < 1.29 is 4.79 Å². The zero-order chi connectivity index (χ0) is 18.5. The second-order valence-corrected chi connectivity index (χ2v) is 6.70. The molecule has 2 atom stereocenters. The average Bonchev–Trinajstić information content (AvgIpc) is 3.00. The van der Waals surface area contributed by atoms with E-state index in [0.717, 1.165) is 35.3 Å². The number of benzene rings is 2. The molecule has 136 valence electrons. The minimum absolute atomic E-state index is 0.00801. The SMILES string of the molecule is CC(C(=O)NCCCc1nc2ccccc2n1C)C(N)c1ccccc1. The number of carbonyl (C=O) groups is 1. The fourth-order valence-corrected chi connectivity index (χ4v) is 3.17. The van der Waals surface area contributed by atoms with E-state index in [4.69, 9.17) is 5.73 Å². The van der Waals surface area contributed by atoms with E-state index in [-0.39, 0.29) is 17.9 Å². The van der Waals surface area contributed by atoms with Crippen LogP contribution in [0.25, 0.3) is 11.0 Å². The van der Waals surface area contributed by atoms with Gasteiger partial charge in [0.05, 0.1) is 17.0 Å². The van der Waals surface area contributed by atoms with E-state index in [0.29, 0.717) is 6.54 Å². The molecular weight excluding hydrogens is 324 g/mol. The molecule has 26 heavy (non-hydrogen) atoms. The van der Waals surface area contributed by atoms with Crippen LogP contribution in [-0.4, -0.2) is 22.0 Å². The van der Waals surface area contributed by atoms with E-state index < -0.39 is 0 Å². The van der Waals surface area contributed by atoms with Gasteiger partial charge in [0, 0.05) is 26.1 Å². The lowest BCUT2D eigenvalue weighted by molar-refractivity contribution is -0.125.